The standard InChI is InChI=1S/C9H17ClSi/c1-5-9(10)11(6-2,7-3)8-4/h1,9H,6-8H2,2-4H3. The summed E-state index contributed by atoms with van der Waals surface area (Å²) in [5.74, 6) is 2.69. The van der Waals surface area contributed by atoms with Crippen molar-refractivity contribution in [3.63, 3.8) is 0 Å². The van der Waals surface area contributed by atoms with Crippen LogP contribution in [0.5, 0.6) is 0 Å². The zero-order valence-electron chi connectivity index (χ0n) is 7.65. The molecule has 0 aliphatic carbocycles. The molecule has 0 radical (unpaired) electrons. The zero-order valence-corrected chi connectivity index (χ0v) is 9.41. The predicted molar refractivity (Wildman–Crippen MR) is 55.7 cm³/mol. The molecule has 64 valence electrons. The molecule has 1 unspecified atom stereocenters. The Labute approximate surface area is 76.3 Å². The van der Waals surface area contributed by atoms with E-state index in [1.165, 1.54) is 18.1 Å². The van der Waals surface area contributed by atoms with Crippen LogP contribution in [0, 0.1) is 12.3 Å². The van der Waals surface area contributed by atoms with Crippen molar-refractivity contribution in [3.05, 3.63) is 0 Å². The first-order valence-electron chi connectivity index (χ1n) is 4.27. The molecule has 0 amide bonds. The number of terminal acetylenes is 1. The second-order valence-electron chi connectivity index (χ2n) is 2.95. The maximum atomic E-state index is 6.11. The van der Waals surface area contributed by atoms with Crippen molar-refractivity contribution < 1.29 is 0 Å². The minimum Gasteiger partial charge on any atom is -0.119 e. The van der Waals surface area contributed by atoms with Crippen LogP contribution in [0.3, 0.4) is 0 Å². The van der Waals surface area contributed by atoms with Gasteiger partial charge in [-0.1, -0.05) is 44.8 Å². The quantitative estimate of drug-likeness (QED) is 0.361. The van der Waals surface area contributed by atoms with Crippen LogP contribution in [-0.2, 0) is 0 Å². The second-order valence-corrected chi connectivity index (χ2v) is 9.18. The average Bonchev–Trinajstić information content (AvgIpc) is 2.08. The Hall–Kier alpha value is 0.0669. The summed E-state index contributed by atoms with van der Waals surface area (Å²) in [6.45, 7) is 6.64. The summed E-state index contributed by atoms with van der Waals surface area (Å²) < 4.78 is 0. The number of hydrogen-bond acceptors (Lipinski definition) is 0. The van der Waals surface area contributed by atoms with Crippen molar-refractivity contribution in [1.29, 1.82) is 0 Å². The predicted octanol–water partition coefficient (Wildman–Crippen LogP) is 3.27. The Balaban J connectivity index is 4.42. The van der Waals surface area contributed by atoms with Gasteiger partial charge in [0.2, 0.25) is 0 Å². The second kappa shape index (κ2) is 4.85. The average molecular weight is 189 g/mol. The number of hydrogen-bond donors (Lipinski definition) is 0. The van der Waals surface area contributed by atoms with Crippen molar-refractivity contribution in [2.45, 2.75) is 43.9 Å². The lowest BCUT2D eigenvalue weighted by Crippen LogP contribution is -2.41. The van der Waals surface area contributed by atoms with Gasteiger partial charge in [-0.05, 0) is 0 Å². The molecular formula is C9H17ClSi. The van der Waals surface area contributed by atoms with Crippen molar-refractivity contribution in [3.8, 4) is 12.3 Å². The third-order valence-corrected chi connectivity index (χ3v) is 9.78. The maximum Gasteiger partial charge on any atom is 0.0884 e. The van der Waals surface area contributed by atoms with Gasteiger partial charge in [-0.25, -0.2) is 0 Å². The van der Waals surface area contributed by atoms with Crippen molar-refractivity contribution >= 4 is 19.7 Å². The summed E-state index contributed by atoms with van der Waals surface area (Å²) in [5.41, 5.74) is 0. The first-order chi connectivity index (χ1) is 5.16. The van der Waals surface area contributed by atoms with Crippen LogP contribution in [-0.4, -0.2) is 13.1 Å². The minimum absolute atomic E-state index is 0.0301. The molecule has 0 aromatic carbocycles. The van der Waals surface area contributed by atoms with Gasteiger partial charge >= 0.3 is 0 Å². The molecule has 0 aliphatic heterocycles. The van der Waals surface area contributed by atoms with Crippen molar-refractivity contribution in [1.82, 2.24) is 0 Å². The summed E-state index contributed by atoms with van der Waals surface area (Å²) in [7, 11) is -1.29. The molecule has 0 spiro atoms. The lowest BCUT2D eigenvalue weighted by molar-refractivity contribution is 1.14. The smallest absolute Gasteiger partial charge is 0.0884 e. The molecule has 11 heavy (non-hydrogen) atoms. The van der Waals surface area contributed by atoms with Crippen LogP contribution >= 0.6 is 11.6 Å². The van der Waals surface area contributed by atoms with Crippen LogP contribution in [0.1, 0.15) is 20.8 Å². The fourth-order valence-electron chi connectivity index (χ4n) is 1.46. The highest BCUT2D eigenvalue weighted by atomic mass is 35.5. The molecule has 1 atom stereocenters. The molecule has 0 N–H and O–H groups in total. The highest BCUT2D eigenvalue weighted by Crippen LogP contribution is 2.27. The van der Waals surface area contributed by atoms with E-state index in [4.69, 9.17) is 18.0 Å². The Bertz CT molecular complexity index is 136. The minimum atomic E-state index is -1.29. The van der Waals surface area contributed by atoms with Gasteiger partial charge in [0.25, 0.3) is 0 Å². The highest BCUT2D eigenvalue weighted by Gasteiger charge is 2.33. The van der Waals surface area contributed by atoms with Gasteiger partial charge in [0.15, 0.2) is 0 Å². The van der Waals surface area contributed by atoms with Crippen LogP contribution in [0.4, 0.5) is 0 Å². The molecule has 0 fully saturated rings. The molecule has 0 aromatic heterocycles. The van der Waals surface area contributed by atoms with Gasteiger partial charge < -0.3 is 0 Å². The molecule has 2 heteroatoms. The highest BCUT2D eigenvalue weighted by molar-refractivity contribution is 6.87. The van der Waals surface area contributed by atoms with E-state index < -0.39 is 8.07 Å². The number of alkyl halides is 1. The molecular weight excluding hydrogens is 172 g/mol. The van der Waals surface area contributed by atoms with Gasteiger partial charge in [0.05, 0.1) is 13.1 Å². The van der Waals surface area contributed by atoms with Crippen molar-refractivity contribution in [2.24, 2.45) is 0 Å². The van der Waals surface area contributed by atoms with E-state index in [1.807, 2.05) is 0 Å². The third-order valence-electron chi connectivity index (χ3n) is 2.80. The van der Waals surface area contributed by atoms with Crippen LogP contribution < -0.4 is 0 Å². The number of halogens is 1. The SMILES string of the molecule is C#CC(Cl)[Si](CC)(CC)CC. The topological polar surface area (TPSA) is 0 Å². The summed E-state index contributed by atoms with van der Waals surface area (Å²) in [5, 5.41) is 0.0301. The molecule has 0 nitrogen and oxygen atoms in total. The van der Waals surface area contributed by atoms with Gasteiger partial charge in [0, 0.05) is 0 Å². The Morgan fingerprint density at radius 2 is 1.64 bits per heavy atom. The van der Waals surface area contributed by atoms with Gasteiger partial charge in [-0.2, -0.15) is 0 Å². The molecule has 0 aliphatic rings. The fraction of sp³-hybridized carbons (Fsp3) is 0.778. The van der Waals surface area contributed by atoms with E-state index >= 15 is 0 Å². The van der Waals surface area contributed by atoms with E-state index in [0.717, 1.165) is 0 Å². The Morgan fingerprint density at radius 1 is 1.27 bits per heavy atom. The van der Waals surface area contributed by atoms with Gasteiger partial charge in [-0.15, -0.1) is 18.0 Å². The molecule has 0 saturated carbocycles. The molecule has 0 rings (SSSR count). The third kappa shape index (κ3) is 2.25. The van der Waals surface area contributed by atoms with Gasteiger partial charge in [0.1, 0.15) is 0 Å². The van der Waals surface area contributed by atoms with Crippen LogP contribution in [0.15, 0.2) is 0 Å². The van der Waals surface area contributed by atoms with Crippen molar-refractivity contribution in [2.75, 3.05) is 0 Å². The zero-order chi connectivity index (χ0) is 8.91. The van der Waals surface area contributed by atoms with E-state index in [9.17, 15) is 0 Å². The molecule has 0 aromatic rings. The molecule has 0 saturated heterocycles. The van der Waals surface area contributed by atoms with E-state index in [1.54, 1.807) is 0 Å². The van der Waals surface area contributed by atoms with Gasteiger partial charge in [-0.3, -0.25) is 0 Å². The monoisotopic (exact) mass is 188 g/mol. The molecule has 0 bridgehead atoms. The summed E-state index contributed by atoms with van der Waals surface area (Å²) in [4.78, 5) is 0. The van der Waals surface area contributed by atoms with E-state index in [2.05, 4.69) is 26.7 Å². The first-order valence-corrected chi connectivity index (χ1v) is 7.40. The Kier molecular flexibility index (Phi) is 4.88. The summed E-state index contributed by atoms with van der Waals surface area (Å²) >= 11 is 6.11. The normalized spacial score (nSPS) is 14.1. The lowest BCUT2D eigenvalue weighted by Gasteiger charge is -2.29. The molecule has 0 heterocycles. The maximum absolute atomic E-state index is 6.11. The van der Waals surface area contributed by atoms with Crippen LogP contribution in [0.2, 0.25) is 18.1 Å². The Morgan fingerprint density at radius 3 is 1.73 bits per heavy atom. The fourth-order valence-corrected chi connectivity index (χ4v) is 5.78. The number of rotatable bonds is 4. The lowest BCUT2D eigenvalue weighted by atomic mass is 10.8. The summed E-state index contributed by atoms with van der Waals surface area (Å²) in [6, 6.07) is 3.62. The van der Waals surface area contributed by atoms with E-state index in [0.29, 0.717) is 0 Å². The van der Waals surface area contributed by atoms with E-state index in [-0.39, 0.29) is 5.00 Å². The first kappa shape index (κ1) is 11.1. The summed E-state index contributed by atoms with van der Waals surface area (Å²) in [6.07, 6.45) is 5.34. The van der Waals surface area contributed by atoms with Crippen LogP contribution in [0.25, 0.3) is 0 Å². The largest absolute Gasteiger partial charge is 0.119 e.